The van der Waals surface area contributed by atoms with Crippen LogP contribution in [-0.2, 0) is 16.0 Å². The number of rotatable bonds is 5. The Morgan fingerprint density at radius 2 is 2.21 bits per heavy atom. The Hall–Kier alpha value is -2.48. The maximum atomic E-state index is 12.4. The second kappa shape index (κ2) is 6.96. The standard InChI is InChI=1S/C16H18N4O3S/c1-3-13-18-19-16(24-13)17-15(22)10-8-14(21)20(9-10)11-6-4-5-7-12(11)23-2/h4-7,10H,3,8-9H2,1-2H3,(H,17,19,22)/t10-/m0/s1. The molecule has 1 aliphatic heterocycles. The number of anilines is 2. The van der Waals surface area contributed by atoms with Crippen molar-refractivity contribution in [1.29, 1.82) is 0 Å². The lowest BCUT2D eigenvalue weighted by molar-refractivity contribution is -0.122. The van der Waals surface area contributed by atoms with Crippen LogP contribution in [0.15, 0.2) is 24.3 Å². The summed E-state index contributed by atoms with van der Waals surface area (Å²) in [6, 6.07) is 7.29. The van der Waals surface area contributed by atoms with Crippen LogP contribution in [0.4, 0.5) is 10.8 Å². The predicted molar refractivity (Wildman–Crippen MR) is 91.4 cm³/mol. The minimum absolute atomic E-state index is 0.0915. The Balaban J connectivity index is 1.71. The van der Waals surface area contributed by atoms with Crippen LogP contribution in [0.1, 0.15) is 18.4 Å². The Morgan fingerprint density at radius 1 is 1.42 bits per heavy atom. The number of benzene rings is 1. The molecule has 1 atom stereocenters. The van der Waals surface area contributed by atoms with E-state index in [1.54, 1.807) is 18.1 Å². The van der Waals surface area contributed by atoms with Crippen molar-refractivity contribution >= 4 is 34.0 Å². The lowest BCUT2D eigenvalue weighted by Crippen LogP contribution is -2.28. The smallest absolute Gasteiger partial charge is 0.231 e. The quantitative estimate of drug-likeness (QED) is 0.896. The highest BCUT2D eigenvalue weighted by atomic mass is 32.1. The number of methoxy groups -OCH3 is 1. The van der Waals surface area contributed by atoms with Crippen LogP contribution in [0.3, 0.4) is 0 Å². The number of hydrogen-bond acceptors (Lipinski definition) is 6. The Labute approximate surface area is 143 Å². The minimum Gasteiger partial charge on any atom is -0.495 e. The number of aryl methyl sites for hydroxylation is 1. The van der Waals surface area contributed by atoms with Crippen LogP contribution in [0, 0.1) is 5.92 Å². The third-order valence-corrected chi connectivity index (χ3v) is 4.85. The summed E-state index contributed by atoms with van der Waals surface area (Å²) in [5.74, 6) is -0.106. The van der Waals surface area contributed by atoms with Crippen molar-refractivity contribution in [2.24, 2.45) is 5.92 Å². The van der Waals surface area contributed by atoms with Gasteiger partial charge in [-0.1, -0.05) is 30.4 Å². The van der Waals surface area contributed by atoms with Crippen molar-refractivity contribution in [1.82, 2.24) is 10.2 Å². The lowest BCUT2D eigenvalue weighted by atomic mass is 10.1. The molecule has 0 spiro atoms. The molecule has 0 radical (unpaired) electrons. The number of nitrogens with one attached hydrogen (secondary N) is 1. The van der Waals surface area contributed by atoms with Gasteiger partial charge in [-0.05, 0) is 18.6 Å². The first kappa shape index (κ1) is 16.4. The summed E-state index contributed by atoms with van der Waals surface area (Å²) in [4.78, 5) is 26.3. The summed E-state index contributed by atoms with van der Waals surface area (Å²) < 4.78 is 5.30. The van der Waals surface area contributed by atoms with Crippen molar-refractivity contribution in [3.63, 3.8) is 0 Å². The van der Waals surface area contributed by atoms with Crippen molar-refractivity contribution in [2.45, 2.75) is 19.8 Å². The van der Waals surface area contributed by atoms with E-state index in [2.05, 4.69) is 15.5 Å². The van der Waals surface area contributed by atoms with Gasteiger partial charge in [0.05, 0.1) is 18.7 Å². The summed E-state index contributed by atoms with van der Waals surface area (Å²) in [6.07, 6.45) is 0.945. The van der Waals surface area contributed by atoms with Gasteiger partial charge in [0.1, 0.15) is 10.8 Å². The zero-order valence-electron chi connectivity index (χ0n) is 13.5. The van der Waals surface area contributed by atoms with Gasteiger partial charge in [0, 0.05) is 13.0 Å². The van der Waals surface area contributed by atoms with Crippen molar-refractivity contribution < 1.29 is 14.3 Å². The molecule has 1 fully saturated rings. The molecule has 0 unspecified atom stereocenters. The Bertz CT molecular complexity index is 761. The first-order valence-electron chi connectivity index (χ1n) is 7.69. The van der Waals surface area contributed by atoms with Crippen LogP contribution in [0.2, 0.25) is 0 Å². The molecule has 0 aliphatic carbocycles. The molecule has 3 rings (SSSR count). The average Bonchev–Trinajstić information content (AvgIpc) is 3.21. The van der Waals surface area contributed by atoms with Crippen LogP contribution >= 0.6 is 11.3 Å². The molecule has 1 saturated heterocycles. The maximum absolute atomic E-state index is 12.4. The molecule has 126 valence electrons. The summed E-state index contributed by atoms with van der Waals surface area (Å²) in [7, 11) is 1.56. The van der Waals surface area contributed by atoms with Gasteiger partial charge in [-0.2, -0.15) is 0 Å². The van der Waals surface area contributed by atoms with Crippen LogP contribution in [-0.4, -0.2) is 35.7 Å². The fourth-order valence-corrected chi connectivity index (χ4v) is 3.31. The first-order chi connectivity index (χ1) is 11.6. The van der Waals surface area contributed by atoms with Crippen LogP contribution < -0.4 is 15.0 Å². The van der Waals surface area contributed by atoms with Gasteiger partial charge in [-0.25, -0.2) is 0 Å². The van der Waals surface area contributed by atoms with Gasteiger partial charge >= 0.3 is 0 Å². The highest BCUT2D eigenvalue weighted by Gasteiger charge is 2.36. The highest BCUT2D eigenvalue weighted by molar-refractivity contribution is 7.15. The number of para-hydroxylation sites is 2. The third kappa shape index (κ3) is 3.23. The predicted octanol–water partition coefficient (Wildman–Crippen LogP) is 2.10. The second-order valence-electron chi connectivity index (χ2n) is 5.42. The monoisotopic (exact) mass is 346 g/mol. The molecule has 7 nitrogen and oxygen atoms in total. The minimum atomic E-state index is -0.420. The topological polar surface area (TPSA) is 84.4 Å². The van der Waals surface area contributed by atoms with E-state index < -0.39 is 5.92 Å². The SMILES string of the molecule is CCc1nnc(NC(=O)[C@H]2CC(=O)N(c3ccccc3OC)C2)s1. The molecule has 1 aromatic heterocycles. The van der Waals surface area contributed by atoms with Gasteiger partial charge in [-0.15, -0.1) is 10.2 Å². The molecule has 1 N–H and O–H groups in total. The number of hydrogen-bond donors (Lipinski definition) is 1. The third-order valence-electron chi connectivity index (χ3n) is 3.87. The first-order valence-corrected chi connectivity index (χ1v) is 8.50. The Kier molecular flexibility index (Phi) is 4.75. The number of ether oxygens (including phenoxy) is 1. The number of carbonyl (C=O) groups excluding carboxylic acids is 2. The summed E-state index contributed by atoms with van der Waals surface area (Å²) >= 11 is 1.35. The highest BCUT2D eigenvalue weighted by Crippen LogP contribution is 2.33. The Morgan fingerprint density at radius 3 is 2.92 bits per heavy atom. The normalized spacial score (nSPS) is 17.2. The van der Waals surface area contributed by atoms with Crippen LogP contribution in [0.25, 0.3) is 0 Å². The van der Waals surface area contributed by atoms with E-state index in [1.165, 1.54) is 11.3 Å². The fraction of sp³-hybridized carbons (Fsp3) is 0.375. The van der Waals surface area contributed by atoms with Gasteiger partial charge in [0.25, 0.3) is 0 Å². The van der Waals surface area contributed by atoms with Crippen molar-refractivity contribution in [3.05, 3.63) is 29.3 Å². The molecule has 0 bridgehead atoms. The molecule has 1 aliphatic rings. The van der Waals surface area contributed by atoms with Gasteiger partial charge in [0.15, 0.2) is 0 Å². The molecule has 2 heterocycles. The van der Waals surface area contributed by atoms with Gasteiger partial charge in [-0.3, -0.25) is 9.59 Å². The number of amides is 2. The van der Waals surface area contributed by atoms with Crippen molar-refractivity contribution in [3.8, 4) is 5.75 Å². The molecular formula is C16H18N4O3S. The largest absolute Gasteiger partial charge is 0.495 e. The second-order valence-corrected chi connectivity index (χ2v) is 6.48. The molecule has 24 heavy (non-hydrogen) atoms. The molecule has 0 saturated carbocycles. The lowest BCUT2D eigenvalue weighted by Gasteiger charge is -2.19. The van der Waals surface area contributed by atoms with Crippen molar-refractivity contribution in [2.75, 3.05) is 23.9 Å². The number of nitrogens with zero attached hydrogens (tertiary/aromatic N) is 3. The van der Waals surface area contributed by atoms with E-state index in [1.807, 2.05) is 25.1 Å². The average molecular weight is 346 g/mol. The molecule has 8 heteroatoms. The van der Waals surface area contributed by atoms with E-state index in [9.17, 15) is 9.59 Å². The molecule has 1 aromatic carbocycles. The molecule has 2 aromatic rings. The van der Waals surface area contributed by atoms with E-state index in [0.29, 0.717) is 23.1 Å². The van der Waals surface area contributed by atoms with E-state index in [0.717, 1.165) is 11.4 Å². The number of aromatic nitrogens is 2. The summed E-state index contributed by atoms with van der Waals surface area (Å²) in [5, 5.41) is 12.0. The fourth-order valence-electron chi connectivity index (χ4n) is 2.62. The van der Waals surface area contributed by atoms with Gasteiger partial charge in [0.2, 0.25) is 16.9 Å². The van der Waals surface area contributed by atoms with E-state index in [-0.39, 0.29) is 18.2 Å². The zero-order chi connectivity index (χ0) is 17.1. The molecule has 2 amide bonds. The van der Waals surface area contributed by atoms with Crippen LogP contribution in [0.5, 0.6) is 5.75 Å². The maximum Gasteiger partial charge on any atom is 0.231 e. The van der Waals surface area contributed by atoms with E-state index in [4.69, 9.17) is 4.74 Å². The zero-order valence-corrected chi connectivity index (χ0v) is 14.3. The summed E-state index contributed by atoms with van der Waals surface area (Å²) in [6.45, 7) is 2.30. The van der Waals surface area contributed by atoms with Gasteiger partial charge < -0.3 is 15.0 Å². The van der Waals surface area contributed by atoms with E-state index >= 15 is 0 Å². The molecular weight excluding hydrogens is 328 g/mol. The number of carbonyl (C=O) groups is 2. The summed E-state index contributed by atoms with van der Waals surface area (Å²) in [5.41, 5.74) is 0.685.